The van der Waals surface area contributed by atoms with Gasteiger partial charge in [-0.25, -0.2) is 21.8 Å². The molecule has 5 aromatic heterocycles. The van der Waals surface area contributed by atoms with Crippen molar-refractivity contribution in [2.45, 2.75) is 70.7 Å². The maximum Gasteiger partial charge on any atom is 1.00 e. The summed E-state index contributed by atoms with van der Waals surface area (Å²) in [7, 11) is -6.89. The van der Waals surface area contributed by atoms with Crippen LogP contribution in [0, 0.1) is 49.5 Å². The van der Waals surface area contributed by atoms with Gasteiger partial charge in [-0.3, -0.25) is 28.6 Å². The molecule has 5 heterocycles. The number of rotatable bonds is 9. The van der Waals surface area contributed by atoms with Crippen LogP contribution in [0.25, 0.3) is 32.7 Å². The molecule has 0 aliphatic heterocycles. The molecule has 0 saturated heterocycles. The molecule has 1 atom stereocenters. The van der Waals surface area contributed by atoms with E-state index in [2.05, 4.69) is 71.8 Å². The number of aryl methyl sites for hydroxylation is 5. The van der Waals surface area contributed by atoms with Crippen LogP contribution in [0.2, 0.25) is 0 Å². The number of carbonyl (C=O) groups excluding carboxylic acids is 1. The Bertz CT molecular complexity index is 3610. The number of aliphatic hydroxyl groups excluding tert-OH is 2. The zero-order valence-electron chi connectivity index (χ0n) is 41.7. The molecule has 0 radical (unpaired) electrons. The third-order valence-electron chi connectivity index (χ3n) is 10.4. The Kier molecular flexibility index (Phi) is 25.1. The first-order chi connectivity index (χ1) is 34.3. The number of hydrogen-bond acceptors (Lipinski definition) is 16. The zero-order chi connectivity index (χ0) is 54.5. The number of anilines is 1. The number of carbonyl (C=O) groups is 1. The van der Waals surface area contributed by atoms with Gasteiger partial charge in [0.2, 0.25) is 0 Å². The molecule has 0 spiro atoms. The van der Waals surface area contributed by atoms with E-state index >= 15 is 0 Å². The van der Waals surface area contributed by atoms with Gasteiger partial charge in [0.1, 0.15) is 11.9 Å². The van der Waals surface area contributed by atoms with Crippen LogP contribution in [0.5, 0.6) is 0 Å². The summed E-state index contributed by atoms with van der Waals surface area (Å²) in [6.07, 6.45) is 9.96. The minimum Gasteiger partial charge on any atom is 1.00 e. The SMILES string of the molecule is CS(=O)[O-].Cc1cnc2c(I)cc(CO)cc2c1.Cc1cnc2c(S(C)(=O)=O)cc(CO)cc2c1.Cc1cnc2c(S(C)(=O)=O)cc(Cn3cc(C(=O)NCc4c(C)cc(N)nc4C)c(C#N)n3)cc2c1.[Cu][I].[Na+]. The summed E-state index contributed by atoms with van der Waals surface area (Å²) in [4.78, 5) is 30.2. The minimum absolute atomic E-state index is 0. The molecule has 74 heavy (non-hydrogen) atoms. The van der Waals surface area contributed by atoms with Crippen molar-refractivity contribution < 1.29 is 82.9 Å². The second-order valence-corrected chi connectivity index (χ2v) is 22.5. The number of fused-ring (bicyclic) bond motifs is 3. The van der Waals surface area contributed by atoms with Gasteiger partial charge in [0.25, 0.3) is 5.91 Å². The molecule has 0 saturated carbocycles. The van der Waals surface area contributed by atoms with E-state index in [0.717, 1.165) is 72.0 Å². The average Bonchev–Trinajstić information content (AvgIpc) is 3.73. The third-order valence-corrected chi connectivity index (χ3v) is 13.5. The summed E-state index contributed by atoms with van der Waals surface area (Å²) in [5.74, 6) is -0.0460. The molecule has 0 bridgehead atoms. The second-order valence-electron chi connectivity index (χ2n) is 16.6. The number of nitrogens with one attached hydrogen (secondary N) is 1. The number of halogens is 2. The van der Waals surface area contributed by atoms with Gasteiger partial charge in [0.15, 0.2) is 25.4 Å². The third kappa shape index (κ3) is 18.0. The average molecular weight is 1350 g/mol. The van der Waals surface area contributed by atoms with E-state index < -0.39 is 36.7 Å². The van der Waals surface area contributed by atoms with Crippen LogP contribution in [0.3, 0.4) is 0 Å². The van der Waals surface area contributed by atoms with Crippen molar-refractivity contribution in [1.82, 2.24) is 35.0 Å². The van der Waals surface area contributed by atoms with Crippen LogP contribution in [0.15, 0.2) is 95.2 Å². The summed E-state index contributed by atoms with van der Waals surface area (Å²) in [5.41, 5.74) is 15.3. The van der Waals surface area contributed by atoms with Crippen molar-refractivity contribution in [2.24, 2.45) is 0 Å². The molecule has 0 aliphatic carbocycles. The Hall–Kier alpha value is -4.08. The van der Waals surface area contributed by atoms with Crippen LogP contribution >= 0.6 is 42.9 Å². The fourth-order valence-corrected chi connectivity index (χ4v) is 9.97. The zero-order valence-corrected chi connectivity index (χ0v) is 51.4. The number of amides is 1. The number of pyridine rings is 4. The van der Waals surface area contributed by atoms with Gasteiger partial charge >= 0.3 is 62.7 Å². The fraction of sp³-hybridized carbons (Fsp3) is 0.245. The molecule has 8 aromatic rings. The molecule has 1 unspecified atom stereocenters. The van der Waals surface area contributed by atoms with Gasteiger partial charge in [0, 0.05) is 69.3 Å². The van der Waals surface area contributed by atoms with Crippen LogP contribution in [0.1, 0.15) is 66.3 Å². The van der Waals surface area contributed by atoms with E-state index in [-0.39, 0.29) is 76.9 Å². The van der Waals surface area contributed by atoms with Crippen LogP contribution in [0.4, 0.5) is 5.82 Å². The summed E-state index contributed by atoms with van der Waals surface area (Å²) in [6, 6.07) is 20.0. The van der Waals surface area contributed by atoms with Crippen molar-refractivity contribution in [1.29, 1.82) is 5.26 Å². The molecule has 1 amide bonds. The van der Waals surface area contributed by atoms with Crippen LogP contribution < -0.4 is 40.6 Å². The van der Waals surface area contributed by atoms with E-state index in [1.54, 1.807) is 50.9 Å². The van der Waals surface area contributed by atoms with Crippen molar-refractivity contribution in [3.05, 3.63) is 150 Å². The van der Waals surface area contributed by atoms with Gasteiger partial charge in [0.05, 0.1) is 51.7 Å². The molecule has 8 rings (SSSR count). The monoisotopic (exact) mass is 1350 g/mol. The summed E-state index contributed by atoms with van der Waals surface area (Å²) < 4.78 is 68.7. The molecule has 18 nitrogen and oxygen atoms in total. The van der Waals surface area contributed by atoms with E-state index in [1.165, 1.54) is 16.9 Å². The number of benzene rings is 3. The van der Waals surface area contributed by atoms with Crippen LogP contribution in [-0.2, 0) is 69.8 Å². The largest absolute Gasteiger partial charge is 1.00 e. The molecule has 25 heteroatoms. The van der Waals surface area contributed by atoms with Gasteiger partial charge in [-0.1, -0.05) is 11.1 Å². The number of nitrogen functional groups attached to an aromatic ring is 1. The normalized spacial score (nSPS) is 11.3. The Balaban J connectivity index is 0.000000313. The number of aliphatic hydroxyl groups is 2. The molecular formula is C49H51CuI2N9NaO9S3. The van der Waals surface area contributed by atoms with Gasteiger partial charge < -0.3 is 25.8 Å². The number of aromatic nitrogens is 6. The number of nitrogens with two attached hydrogens (primary N) is 1. The Morgan fingerprint density at radius 1 is 0.784 bits per heavy atom. The fourth-order valence-electron chi connectivity index (χ4n) is 7.34. The molecule has 3 aromatic carbocycles. The molecule has 0 aliphatic rings. The van der Waals surface area contributed by atoms with Gasteiger partial charge in [-0.2, -0.15) is 10.4 Å². The first-order valence-electron chi connectivity index (χ1n) is 21.4. The Labute approximate surface area is 487 Å². The minimum atomic E-state index is -3.54. The van der Waals surface area contributed by atoms with E-state index in [0.29, 0.717) is 39.1 Å². The van der Waals surface area contributed by atoms with E-state index in [9.17, 15) is 26.9 Å². The van der Waals surface area contributed by atoms with E-state index in [1.807, 2.05) is 77.2 Å². The number of hydrogen-bond donors (Lipinski definition) is 4. The van der Waals surface area contributed by atoms with Gasteiger partial charge in [-0.15, -0.1) is 0 Å². The summed E-state index contributed by atoms with van der Waals surface area (Å²) in [6.45, 7) is 9.75. The van der Waals surface area contributed by atoms with E-state index in [4.69, 9.17) is 24.7 Å². The van der Waals surface area contributed by atoms with Crippen molar-refractivity contribution in [3.8, 4) is 6.07 Å². The first-order valence-corrected chi connectivity index (χ1v) is 30.8. The van der Waals surface area contributed by atoms with Crippen molar-refractivity contribution in [3.63, 3.8) is 0 Å². The number of sulfone groups is 2. The standard InChI is InChI=1S/C25H25N7O3S.C12H13NO3S.C11H10INO.CH4O2S.Cu.HI.Na/c1-14-5-18-7-17(8-22(36(4,34)35)24(18)28-10-14)12-32-13-20(21(9-26)31-32)25(33)29-11-19-15(2)6-23(27)30-16(19)3;1-8-3-10-4-9(7-14)5-11(17(2,15)16)12(10)13-6-8;1-7-2-9-3-8(6-14)4-10(12)11(9)13-5-7;1-4(2)3;;;/h5-8,10,13H,11-12H2,1-4H3,(H2,27,30)(H,29,33);3-6,14H,7H2,1-2H3;2-5,14H,6H2,1H3;1H3,(H,2,3);;1H;/q;;;;+1;;+1/p-2. The summed E-state index contributed by atoms with van der Waals surface area (Å²) >= 11 is 6.25. The molecular weight excluding hydrogens is 1300 g/mol. The predicted octanol–water partition coefficient (Wildman–Crippen LogP) is 4.05. The van der Waals surface area contributed by atoms with Crippen molar-refractivity contribution in [2.75, 3.05) is 24.5 Å². The van der Waals surface area contributed by atoms with Crippen LogP contribution in [-0.4, -0.2) is 90.2 Å². The Morgan fingerprint density at radius 2 is 1.22 bits per heavy atom. The van der Waals surface area contributed by atoms with Gasteiger partial charge in [-0.05, 0) is 169 Å². The second kappa shape index (κ2) is 28.9. The summed E-state index contributed by atoms with van der Waals surface area (Å²) in [5, 5.41) is 37.3. The Morgan fingerprint density at radius 3 is 1.66 bits per heavy atom. The topological polar surface area (TPSA) is 297 Å². The molecule has 0 fully saturated rings. The molecule has 390 valence electrons. The molecule has 5 N–H and O–H groups in total. The quantitative estimate of drug-likeness (QED) is 0.0900. The number of nitriles is 1. The smallest absolute Gasteiger partial charge is 1.00 e. The first kappa shape index (κ1) is 64.2. The maximum absolute atomic E-state index is 12.9. The van der Waals surface area contributed by atoms with Crippen molar-refractivity contribution >= 4 is 118 Å². The predicted molar refractivity (Wildman–Crippen MR) is 294 cm³/mol. The maximum atomic E-state index is 12.9. The number of nitrogens with zero attached hydrogens (tertiary/aromatic N) is 7.